The van der Waals surface area contributed by atoms with Crippen molar-refractivity contribution in [2.75, 3.05) is 26.9 Å². The molecule has 0 radical (unpaired) electrons. The quantitative estimate of drug-likeness (QED) is 0.0285. The number of aliphatic hydroxyl groups is 8. The number of carbonyl (C=O) groups is 1. The third-order valence-electron chi connectivity index (χ3n) is 18.4. The van der Waals surface area contributed by atoms with Crippen LogP contribution in [0.3, 0.4) is 0 Å². The molecule has 5 aliphatic heterocycles. The normalized spacial score (nSPS) is 51.4. The number of aliphatic hydroxyl groups excluding tert-OH is 8. The van der Waals surface area contributed by atoms with Crippen LogP contribution in [0.4, 0.5) is 0 Å². The Morgan fingerprint density at radius 1 is 0.808 bits per heavy atom. The Hall–Kier alpha value is -0.860. The Bertz CT molecular complexity index is 2170. The Labute approximate surface area is 446 Å². The van der Waals surface area contributed by atoms with Gasteiger partial charge in [-0.05, 0) is 75.0 Å². The molecular weight excluding hydrogens is 1000 g/mol. The van der Waals surface area contributed by atoms with Crippen molar-refractivity contribution in [3.05, 3.63) is 23.8 Å². The number of allylic oxidation sites excluding steroid dienone is 2. The van der Waals surface area contributed by atoms with E-state index in [4.69, 9.17) is 47.4 Å². The second-order valence-electron chi connectivity index (χ2n) is 22.7. The van der Waals surface area contributed by atoms with Gasteiger partial charge in [0.15, 0.2) is 25.2 Å². The molecule has 8 N–H and O–H groups in total. The van der Waals surface area contributed by atoms with Gasteiger partial charge in [-0.2, -0.15) is 0 Å². The van der Waals surface area contributed by atoms with Crippen molar-refractivity contribution in [1.29, 1.82) is 0 Å². The standard InChI is InChI=1S/C48H74O23S.Na/c1-19(2)29-24-15-47(7)22-9-10-27-45(4,5)28(12-13-46(27,6)21(22)11-14-48(29,47)44(57)66-24)67-43-39(31(52)26(18-63-43)71-72(58,59)60)70-41-33(54)32(53)36(20(3)64-41)68-42-35(56)38(30(51)25(16-49)65-42)69-40-34(55)37(61-8)23(50)17-62-40;/h9,20-21,23-43,49-56H,1,10-18H2,2-8H3,(H,58,59,60);/q;+1/p-1/t20?,21?,23-,24+,25?,26-,27?,28+,29+,30-,31?,32?,33?,34?,35?,36-,37?,38?,39?,40+,41+,42+,43+,46-,47+,48?;/m1./s1. The summed E-state index contributed by atoms with van der Waals surface area (Å²) in [6.45, 7) is 14.7. The van der Waals surface area contributed by atoms with E-state index in [1.54, 1.807) is 0 Å². The zero-order chi connectivity index (χ0) is 52.4. The van der Waals surface area contributed by atoms with Crippen LogP contribution in [0.25, 0.3) is 0 Å². The first-order chi connectivity index (χ1) is 33.7. The van der Waals surface area contributed by atoms with Crippen LogP contribution in [0.15, 0.2) is 23.8 Å². The van der Waals surface area contributed by atoms with Crippen LogP contribution in [0, 0.1) is 39.4 Å². The molecule has 5 saturated heterocycles. The maximum atomic E-state index is 13.7. The summed E-state index contributed by atoms with van der Waals surface area (Å²) < 4.78 is 98.9. The molecule has 0 aromatic heterocycles. The van der Waals surface area contributed by atoms with E-state index in [9.17, 15) is 58.6 Å². The molecule has 26 atom stereocenters. The Morgan fingerprint density at radius 3 is 2.11 bits per heavy atom. The van der Waals surface area contributed by atoms with Crippen molar-refractivity contribution >= 4 is 16.4 Å². The van der Waals surface area contributed by atoms with E-state index in [0.717, 1.165) is 24.8 Å². The molecule has 8 fully saturated rings. The summed E-state index contributed by atoms with van der Waals surface area (Å²) in [5, 5.41) is 88.2. The number of methoxy groups -OCH3 is 1. The van der Waals surface area contributed by atoms with Crippen molar-refractivity contribution in [3.8, 4) is 0 Å². The summed E-state index contributed by atoms with van der Waals surface area (Å²) in [4.78, 5) is 13.7. The monoisotopic (exact) mass is 1070 g/mol. The zero-order valence-corrected chi connectivity index (χ0v) is 45.4. The molecule has 0 aromatic carbocycles. The fraction of sp³-hybridized carbons (Fsp3) is 0.896. The average Bonchev–Trinajstić information content (AvgIpc) is 3.74. The minimum Gasteiger partial charge on any atom is -0.726 e. The van der Waals surface area contributed by atoms with E-state index in [0.29, 0.717) is 19.3 Å². The number of hydrogen-bond donors (Lipinski definition) is 8. The van der Waals surface area contributed by atoms with Gasteiger partial charge < -0.3 is 92.8 Å². The largest absolute Gasteiger partial charge is 1.00 e. The maximum Gasteiger partial charge on any atom is 1.00 e. The van der Waals surface area contributed by atoms with Crippen molar-refractivity contribution in [1.82, 2.24) is 0 Å². The number of hydrogen-bond acceptors (Lipinski definition) is 23. The molecule has 23 nitrogen and oxygen atoms in total. The molecule has 0 amide bonds. The molecule has 2 bridgehead atoms. The molecule has 0 aromatic rings. The number of ether oxygens (including phenoxy) is 10. The first kappa shape index (κ1) is 58.3. The molecule has 410 valence electrons. The molecule has 9 aliphatic rings. The van der Waals surface area contributed by atoms with Gasteiger partial charge in [-0.15, -0.1) is 0 Å². The third-order valence-corrected chi connectivity index (χ3v) is 18.9. The second kappa shape index (κ2) is 21.3. The molecular formula is C48H73NaO23S. The van der Waals surface area contributed by atoms with Gasteiger partial charge in [0.2, 0.25) is 10.4 Å². The van der Waals surface area contributed by atoms with Crippen LogP contribution in [-0.4, -0.2) is 210 Å². The molecule has 25 heteroatoms. The van der Waals surface area contributed by atoms with Gasteiger partial charge in [0.25, 0.3) is 0 Å². The topological polar surface area (TPSA) is 338 Å². The van der Waals surface area contributed by atoms with E-state index in [1.807, 2.05) is 6.92 Å². The summed E-state index contributed by atoms with van der Waals surface area (Å²) >= 11 is 0. The molecule has 5 heterocycles. The van der Waals surface area contributed by atoms with Gasteiger partial charge in [0.05, 0.1) is 37.4 Å². The summed E-state index contributed by atoms with van der Waals surface area (Å²) in [7, 11) is -4.14. The number of esters is 1. The Balaban J connectivity index is 0.00000711. The van der Waals surface area contributed by atoms with Crippen LogP contribution < -0.4 is 29.6 Å². The SMILES string of the molecule is C=C(C)[C@H]1[C@@H]2C[C@@]3(C)C4=CCC5C(C)(C)[C@@H](O[C@@H]6OC[C@@H](OS(=O)(=O)[O-])C(O)C6O[C@@H]6OC(C)[C@@H](O[C@@H]7OC(CO)[C@@H](O)C(O[C@@H]8OC[C@@H](O)C(OC)C8O)C7O)C(O)C6O)CC[C@]5(C)C4CCC13C(=O)O2.[Na+]. The Morgan fingerprint density at radius 2 is 1.45 bits per heavy atom. The zero-order valence-electron chi connectivity index (χ0n) is 42.5. The van der Waals surface area contributed by atoms with Crippen molar-refractivity contribution in [2.45, 2.75) is 203 Å². The summed E-state index contributed by atoms with van der Waals surface area (Å²) in [5.74, 6) is 0.0846. The number of fused-ring (bicyclic) bond motifs is 5. The minimum atomic E-state index is -5.38. The van der Waals surface area contributed by atoms with Gasteiger partial charge >= 0.3 is 35.5 Å². The van der Waals surface area contributed by atoms with E-state index in [-0.39, 0.29) is 76.8 Å². The first-order valence-corrected chi connectivity index (χ1v) is 26.3. The second-order valence-corrected chi connectivity index (χ2v) is 23.7. The predicted octanol–water partition coefficient (Wildman–Crippen LogP) is -4.21. The number of rotatable bonds is 13. The Kier molecular flexibility index (Phi) is 17.0. The summed E-state index contributed by atoms with van der Waals surface area (Å²) in [6.07, 6.45) is -23.5. The van der Waals surface area contributed by atoms with Crippen molar-refractivity contribution in [3.63, 3.8) is 0 Å². The third kappa shape index (κ3) is 9.71. The van der Waals surface area contributed by atoms with Crippen molar-refractivity contribution in [2.24, 2.45) is 39.4 Å². The van der Waals surface area contributed by atoms with Crippen LogP contribution in [-0.2, 0) is 66.7 Å². The van der Waals surface area contributed by atoms with Crippen LogP contribution >= 0.6 is 0 Å². The van der Waals surface area contributed by atoms with Crippen molar-refractivity contribution < 1.29 is 140 Å². The van der Waals surface area contributed by atoms with Gasteiger partial charge in [-0.25, -0.2) is 8.42 Å². The average molecular weight is 1070 g/mol. The molecule has 3 saturated carbocycles. The summed E-state index contributed by atoms with van der Waals surface area (Å²) in [6, 6.07) is 0. The number of carbonyl (C=O) groups excluding carboxylic acids is 1. The van der Waals surface area contributed by atoms with Gasteiger partial charge in [0, 0.05) is 18.4 Å². The van der Waals surface area contributed by atoms with E-state index >= 15 is 0 Å². The van der Waals surface area contributed by atoms with Crippen LogP contribution in [0.2, 0.25) is 0 Å². The fourth-order valence-electron chi connectivity index (χ4n) is 14.9. The fourth-order valence-corrected chi connectivity index (χ4v) is 15.4. The molecule has 73 heavy (non-hydrogen) atoms. The predicted molar refractivity (Wildman–Crippen MR) is 240 cm³/mol. The smallest absolute Gasteiger partial charge is 0.726 e. The minimum absolute atomic E-state index is 0. The van der Waals surface area contributed by atoms with E-state index in [1.165, 1.54) is 19.6 Å². The molecule has 4 aliphatic carbocycles. The van der Waals surface area contributed by atoms with Crippen LogP contribution in [0.1, 0.15) is 80.1 Å². The maximum absolute atomic E-state index is 13.7. The van der Waals surface area contributed by atoms with E-state index in [2.05, 4.69) is 44.5 Å². The van der Waals surface area contributed by atoms with Gasteiger partial charge in [0.1, 0.15) is 85.5 Å². The summed E-state index contributed by atoms with van der Waals surface area (Å²) in [5.41, 5.74) is 0.495. The van der Waals surface area contributed by atoms with Crippen LogP contribution in [0.5, 0.6) is 0 Å². The molecule has 9 rings (SSSR count). The van der Waals surface area contributed by atoms with Gasteiger partial charge in [-0.3, -0.25) is 8.98 Å². The van der Waals surface area contributed by atoms with Gasteiger partial charge in [-0.1, -0.05) is 51.5 Å². The molecule has 1 spiro atoms. The van der Waals surface area contributed by atoms with E-state index < -0.39 is 151 Å². The molecule has 13 unspecified atom stereocenters. The first-order valence-electron chi connectivity index (χ1n) is 25.0.